The zero-order valence-corrected chi connectivity index (χ0v) is 18.0. The van der Waals surface area contributed by atoms with Crippen molar-refractivity contribution in [1.82, 2.24) is 9.13 Å². The van der Waals surface area contributed by atoms with Crippen LogP contribution in [0.3, 0.4) is 0 Å². The lowest BCUT2D eigenvalue weighted by Gasteiger charge is -2.13. The number of ether oxygens (including phenoxy) is 3. The maximum Gasteiger partial charge on any atom is 0.338 e. The summed E-state index contributed by atoms with van der Waals surface area (Å²) in [6.07, 6.45) is 0. The molecule has 0 radical (unpaired) electrons. The first-order valence-corrected chi connectivity index (χ1v) is 9.67. The zero-order chi connectivity index (χ0) is 22.5. The molecule has 0 saturated heterocycles. The number of nitrogens with zero attached hydrogens (tertiary/aromatic N) is 2. The van der Waals surface area contributed by atoms with Crippen molar-refractivity contribution >= 4 is 17.6 Å². The van der Waals surface area contributed by atoms with E-state index in [1.54, 1.807) is 12.1 Å². The Labute approximate surface area is 183 Å². The first kappa shape index (κ1) is 22.2. The number of carbonyl (C=O) groups excluding carboxylic acids is 1. The Morgan fingerprint density at radius 2 is 1.71 bits per heavy atom. The number of hydrogen-bond donors (Lipinski definition) is 0. The van der Waals surface area contributed by atoms with Gasteiger partial charge in [-0.25, -0.2) is 9.59 Å². The molecule has 0 amide bonds. The largest absolute Gasteiger partial charge is 0.493 e. The van der Waals surface area contributed by atoms with Crippen LogP contribution in [-0.2, 0) is 32.0 Å². The van der Waals surface area contributed by atoms with Crippen molar-refractivity contribution in [2.24, 2.45) is 14.1 Å². The van der Waals surface area contributed by atoms with Crippen molar-refractivity contribution in [1.29, 1.82) is 0 Å². The summed E-state index contributed by atoms with van der Waals surface area (Å²) in [5, 5.41) is 0.590. The molecule has 0 atom stereocenters. The molecule has 0 bridgehead atoms. The number of methoxy groups -OCH3 is 1. The minimum absolute atomic E-state index is 0.228. The molecule has 162 valence electrons. The minimum Gasteiger partial charge on any atom is -0.493 e. The average Bonchev–Trinajstić information content (AvgIpc) is 2.78. The lowest BCUT2D eigenvalue weighted by Crippen LogP contribution is -2.38. The van der Waals surface area contributed by atoms with Crippen LogP contribution in [-0.4, -0.2) is 22.2 Å². The molecule has 0 aliphatic rings. The smallest absolute Gasteiger partial charge is 0.338 e. The van der Waals surface area contributed by atoms with Gasteiger partial charge < -0.3 is 14.2 Å². The summed E-state index contributed by atoms with van der Waals surface area (Å²) in [7, 11) is 4.34. The molecule has 3 aromatic rings. The number of esters is 1. The van der Waals surface area contributed by atoms with Gasteiger partial charge in [-0.2, -0.15) is 0 Å². The van der Waals surface area contributed by atoms with E-state index in [-0.39, 0.29) is 24.5 Å². The van der Waals surface area contributed by atoms with Gasteiger partial charge in [0.2, 0.25) is 0 Å². The van der Waals surface area contributed by atoms with Gasteiger partial charge in [0, 0.05) is 30.7 Å². The van der Waals surface area contributed by atoms with E-state index in [4.69, 9.17) is 25.8 Å². The Morgan fingerprint density at radius 3 is 2.42 bits per heavy atom. The highest BCUT2D eigenvalue weighted by molar-refractivity contribution is 6.31. The van der Waals surface area contributed by atoms with E-state index in [1.165, 1.54) is 44.0 Å². The van der Waals surface area contributed by atoms with E-state index in [9.17, 15) is 14.4 Å². The molecular weight excluding hydrogens is 424 g/mol. The third kappa shape index (κ3) is 4.97. The molecule has 0 unspecified atom stereocenters. The predicted molar refractivity (Wildman–Crippen MR) is 115 cm³/mol. The molecule has 0 aliphatic carbocycles. The summed E-state index contributed by atoms with van der Waals surface area (Å²) in [5.41, 5.74) is 0.356. The second-order valence-electron chi connectivity index (χ2n) is 6.70. The van der Waals surface area contributed by atoms with Crippen LogP contribution in [0.5, 0.6) is 11.5 Å². The molecule has 0 spiro atoms. The highest BCUT2D eigenvalue weighted by Gasteiger charge is 2.15. The fraction of sp³-hybridized carbons (Fsp3) is 0.227. The zero-order valence-electron chi connectivity index (χ0n) is 17.3. The SMILES string of the molecule is COc1cc(C(=O)OCc2cc(=O)n(C)c(=O)n2C)ccc1OCc1ccccc1Cl. The molecule has 0 saturated carbocycles. The second kappa shape index (κ2) is 9.53. The van der Waals surface area contributed by atoms with E-state index in [1.807, 2.05) is 18.2 Å². The van der Waals surface area contributed by atoms with E-state index >= 15 is 0 Å². The molecular formula is C22H21ClN2O6. The van der Waals surface area contributed by atoms with Crippen molar-refractivity contribution in [3.63, 3.8) is 0 Å². The second-order valence-corrected chi connectivity index (χ2v) is 7.10. The van der Waals surface area contributed by atoms with Crippen molar-refractivity contribution in [3.8, 4) is 11.5 Å². The Kier molecular flexibility index (Phi) is 6.81. The van der Waals surface area contributed by atoms with E-state index in [0.29, 0.717) is 16.5 Å². The van der Waals surface area contributed by atoms with E-state index in [2.05, 4.69) is 0 Å². The van der Waals surface area contributed by atoms with Gasteiger partial charge in [-0.15, -0.1) is 0 Å². The molecule has 2 aromatic carbocycles. The predicted octanol–water partition coefficient (Wildman–Crippen LogP) is 2.68. The summed E-state index contributed by atoms with van der Waals surface area (Å²) in [6, 6.07) is 13.2. The maximum absolute atomic E-state index is 12.5. The molecule has 0 fully saturated rings. The first-order chi connectivity index (χ1) is 14.8. The lowest BCUT2D eigenvalue weighted by atomic mass is 10.2. The van der Waals surface area contributed by atoms with Crippen molar-refractivity contribution in [2.75, 3.05) is 7.11 Å². The van der Waals surface area contributed by atoms with Crippen LogP contribution in [0.15, 0.2) is 58.1 Å². The van der Waals surface area contributed by atoms with Gasteiger partial charge in [0.25, 0.3) is 5.56 Å². The van der Waals surface area contributed by atoms with E-state index < -0.39 is 17.2 Å². The summed E-state index contributed by atoms with van der Waals surface area (Å²) in [6.45, 7) is 0.00451. The van der Waals surface area contributed by atoms with Crippen LogP contribution in [0.4, 0.5) is 0 Å². The number of benzene rings is 2. The van der Waals surface area contributed by atoms with Gasteiger partial charge in [0.1, 0.15) is 13.2 Å². The summed E-state index contributed by atoms with van der Waals surface area (Å²) in [4.78, 5) is 36.2. The van der Waals surface area contributed by atoms with Gasteiger partial charge in [-0.05, 0) is 24.3 Å². The molecule has 3 rings (SSSR count). The maximum atomic E-state index is 12.5. The molecule has 8 nitrogen and oxygen atoms in total. The van der Waals surface area contributed by atoms with Crippen LogP contribution in [0.25, 0.3) is 0 Å². The van der Waals surface area contributed by atoms with Crippen LogP contribution >= 0.6 is 11.6 Å². The standard InChI is InChI=1S/C22H21ClN2O6/c1-24-16(11-20(26)25(2)22(24)28)13-31-21(27)14-8-9-18(19(10-14)29-3)30-12-15-6-4-5-7-17(15)23/h4-11H,12-13H2,1-3H3. The average molecular weight is 445 g/mol. The Balaban J connectivity index is 1.72. The highest BCUT2D eigenvalue weighted by Crippen LogP contribution is 2.30. The van der Waals surface area contributed by atoms with Crippen molar-refractivity contribution in [3.05, 3.63) is 91.2 Å². The lowest BCUT2D eigenvalue weighted by molar-refractivity contribution is 0.0462. The normalized spacial score (nSPS) is 10.6. The third-order valence-electron chi connectivity index (χ3n) is 4.72. The fourth-order valence-electron chi connectivity index (χ4n) is 2.82. The molecule has 9 heteroatoms. The minimum atomic E-state index is -0.635. The number of carbonyl (C=O) groups is 1. The number of rotatable bonds is 7. The number of hydrogen-bond acceptors (Lipinski definition) is 6. The topological polar surface area (TPSA) is 88.8 Å². The Hall–Kier alpha value is -3.52. The van der Waals surface area contributed by atoms with Gasteiger partial charge in [0.05, 0.1) is 18.4 Å². The summed E-state index contributed by atoms with van der Waals surface area (Å²) < 4.78 is 18.6. The first-order valence-electron chi connectivity index (χ1n) is 9.29. The fourth-order valence-corrected chi connectivity index (χ4v) is 3.01. The molecule has 1 heterocycles. The monoisotopic (exact) mass is 444 g/mol. The molecule has 0 aliphatic heterocycles. The van der Waals surface area contributed by atoms with Crippen LogP contribution < -0.4 is 20.7 Å². The number of halogens is 1. The highest BCUT2D eigenvalue weighted by atomic mass is 35.5. The molecule has 31 heavy (non-hydrogen) atoms. The van der Waals surface area contributed by atoms with Crippen molar-refractivity contribution < 1.29 is 19.0 Å². The number of aromatic nitrogens is 2. The quantitative estimate of drug-likeness (QED) is 0.520. The van der Waals surface area contributed by atoms with Crippen molar-refractivity contribution in [2.45, 2.75) is 13.2 Å². The van der Waals surface area contributed by atoms with Gasteiger partial charge >= 0.3 is 11.7 Å². The van der Waals surface area contributed by atoms with Crippen LogP contribution in [0.1, 0.15) is 21.6 Å². The van der Waals surface area contributed by atoms with Crippen LogP contribution in [0.2, 0.25) is 5.02 Å². The van der Waals surface area contributed by atoms with Gasteiger partial charge in [-0.1, -0.05) is 29.8 Å². The van der Waals surface area contributed by atoms with Gasteiger partial charge in [-0.3, -0.25) is 13.9 Å². The Bertz CT molecular complexity index is 1230. The van der Waals surface area contributed by atoms with E-state index in [0.717, 1.165) is 10.1 Å². The van der Waals surface area contributed by atoms with Gasteiger partial charge in [0.15, 0.2) is 11.5 Å². The molecule has 1 aromatic heterocycles. The third-order valence-corrected chi connectivity index (χ3v) is 5.09. The summed E-state index contributed by atoms with van der Waals surface area (Å²) >= 11 is 6.14. The Morgan fingerprint density at radius 1 is 0.968 bits per heavy atom. The van der Waals surface area contributed by atoms with Crippen LogP contribution in [0, 0.1) is 0 Å². The summed E-state index contributed by atoms with van der Waals surface area (Å²) in [5.74, 6) is 0.152. The molecule has 0 N–H and O–H groups in total.